The molecule has 23 heavy (non-hydrogen) atoms. The van der Waals surface area contributed by atoms with Gasteiger partial charge in [0.05, 0.1) is 13.2 Å². The van der Waals surface area contributed by atoms with Crippen molar-refractivity contribution in [3.63, 3.8) is 0 Å². The standard InChI is InChI=1S/C16H21N5O2/c1-3-23-14-7-5-4-6-12(14)8-18-16(22)13-10-21-11(2)19-20-15(21)9-17-13/h4-7,13,17H,3,8-10H2,1-2H3,(H,18,22). The van der Waals surface area contributed by atoms with Crippen LogP contribution in [0.15, 0.2) is 24.3 Å². The second-order valence-corrected chi connectivity index (χ2v) is 5.47. The zero-order valence-electron chi connectivity index (χ0n) is 13.4. The van der Waals surface area contributed by atoms with Crippen molar-refractivity contribution in [1.29, 1.82) is 0 Å². The van der Waals surface area contributed by atoms with Crippen molar-refractivity contribution < 1.29 is 9.53 Å². The number of aromatic nitrogens is 3. The number of benzene rings is 1. The molecule has 1 aromatic heterocycles. The molecule has 0 saturated heterocycles. The van der Waals surface area contributed by atoms with E-state index in [1.807, 2.05) is 42.7 Å². The summed E-state index contributed by atoms with van der Waals surface area (Å²) in [5, 5.41) is 14.3. The molecule has 2 aromatic rings. The summed E-state index contributed by atoms with van der Waals surface area (Å²) in [6.45, 7) is 5.99. The number of rotatable bonds is 5. The Labute approximate surface area is 135 Å². The van der Waals surface area contributed by atoms with Gasteiger partial charge in [-0.2, -0.15) is 0 Å². The lowest BCUT2D eigenvalue weighted by Crippen LogP contribution is -2.49. The van der Waals surface area contributed by atoms with Crippen LogP contribution in [0.3, 0.4) is 0 Å². The van der Waals surface area contributed by atoms with E-state index in [1.165, 1.54) is 0 Å². The number of aryl methyl sites for hydroxylation is 1. The number of carbonyl (C=O) groups excluding carboxylic acids is 1. The summed E-state index contributed by atoms with van der Waals surface area (Å²) < 4.78 is 7.56. The molecule has 1 atom stereocenters. The topological polar surface area (TPSA) is 81.1 Å². The Morgan fingerprint density at radius 1 is 1.43 bits per heavy atom. The summed E-state index contributed by atoms with van der Waals surface area (Å²) in [4.78, 5) is 12.4. The molecule has 122 valence electrons. The van der Waals surface area contributed by atoms with Crippen molar-refractivity contribution >= 4 is 5.91 Å². The van der Waals surface area contributed by atoms with Crippen molar-refractivity contribution in [2.24, 2.45) is 0 Å². The highest BCUT2D eigenvalue weighted by molar-refractivity contribution is 5.81. The number of nitrogens with zero attached hydrogens (tertiary/aromatic N) is 3. The highest BCUT2D eigenvalue weighted by atomic mass is 16.5. The molecule has 0 spiro atoms. The van der Waals surface area contributed by atoms with Crippen molar-refractivity contribution in [1.82, 2.24) is 25.4 Å². The normalized spacial score (nSPS) is 16.7. The van der Waals surface area contributed by atoms with Gasteiger partial charge in [0.25, 0.3) is 0 Å². The second-order valence-electron chi connectivity index (χ2n) is 5.47. The minimum Gasteiger partial charge on any atom is -0.494 e. The van der Waals surface area contributed by atoms with Crippen molar-refractivity contribution in [3.05, 3.63) is 41.5 Å². The molecule has 1 unspecified atom stereocenters. The molecular weight excluding hydrogens is 294 g/mol. The molecule has 2 N–H and O–H groups in total. The van der Waals surface area contributed by atoms with E-state index in [0.29, 0.717) is 26.2 Å². The van der Waals surface area contributed by atoms with Crippen molar-refractivity contribution in [3.8, 4) is 5.75 Å². The molecule has 7 heteroatoms. The van der Waals surface area contributed by atoms with Crippen LogP contribution in [0.4, 0.5) is 0 Å². The zero-order valence-corrected chi connectivity index (χ0v) is 13.4. The fraction of sp³-hybridized carbons (Fsp3) is 0.438. The van der Waals surface area contributed by atoms with E-state index in [0.717, 1.165) is 23.0 Å². The number of carbonyl (C=O) groups is 1. The lowest BCUT2D eigenvalue weighted by molar-refractivity contribution is -0.124. The smallest absolute Gasteiger partial charge is 0.239 e. The summed E-state index contributed by atoms with van der Waals surface area (Å²) in [5.74, 6) is 2.48. The van der Waals surface area contributed by atoms with Gasteiger partial charge in [-0.1, -0.05) is 18.2 Å². The molecule has 0 aliphatic carbocycles. The van der Waals surface area contributed by atoms with Crippen LogP contribution in [-0.4, -0.2) is 33.3 Å². The van der Waals surface area contributed by atoms with Gasteiger partial charge in [0.15, 0.2) is 0 Å². The largest absolute Gasteiger partial charge is 0.494 e. The molecule has 0 saturated carbocycles. The Morgan fingerprint density at radius 3 is 3.09 bits per heavy atom. The number of hydrogen-bond acceptors (Lipinski definition) is 5. The molecular formula is C16H21N5O2. The van der Waals surface area contributed by atoms with Crippen LogP contribution >= 0.6 is 0 Å². The Kier molecular flexibility index (Phi) is 4.57. The summed E-state index contributed by atoms with van der Waals surface area (Å²) in [7, 11) is 0. The first-order valence-electron chi connectivity index (χ1n) is 7.79. The summed E-state index contributed by atoms with van der Waals surface area (Å²) >= 11 is 0. The second kappa shape index (κ2) is 6.78. The van der Waals surface area contributed by atoms with Crippen LogP contribution in [0.1, 0.15) is 24.1 Å². The lowest BCUT2D eigenvalue weighted by Gasteiger charge is -2.24. The Morgan fingerprint density at radius 2 is 2.26 bits per heavy atom. The van der Waals surface area contributed by atoms with E-state index in [1.54, 1.807) is 0 Å². The predicted molar refractivity (Wildman–Crippen MR) is 84.8 cm³/mol. The van der Waals surface area contributed by atoms with Crippen LogP contribution in [0.2, 0.25) is 0 Å². The summed E-state index contributed by atoms with van der Waals surface area (Å²) in [6, 6.07) is 7.46. The fourth-order valence-electron chi connectivity index (χ4n) is 2.68. The number of ether oxygens (including phenoxy) is 1. The van der Waals surface area contributed by atoms with Crippen molar-refractivity contribution in [2.75, 3.05) is 6.61 Å². The van der Waals surface area contributed by atoms with Crippen LogP contribution in [0.5, 0.6) is 5.75 Å². The van der Waals surface area contributed by atoms with Gasteiger partial charge in [0, 0.05) is 18.7 Å². The maximum Gasteiger partial charge on any atom is 0.239 e. The first-order valence-corrected chi connectivity index (χ1v) is 7.79. The summed E-state index contributed by atoms with van der Waals surface area (Å²) in [6.07, 6.45) is 0. The molecule has 1 aromatic carbocycles. The minimum absolute atomic E-state index is 0.0324. The van der Waals surface area contributed by atoms with Gasteiger partial charge in [-0.15, -0.1) is 10.2 Å². The molecule has 1 aliphatic heterocycles. The number of hydrogen-bond donors (Lipinski definition) is 2. The SMILES string of the molecule is CCOc1ccccc1CNC(=O)C1Cn2c(C)nnc2CN1. The van der Waals surface area contributed by atoms with E-state index in [9.17, 15) is 4.79 Å². The van der Waals surface area contributed by atoms with E-state index < -0.39 is 0 Å². The third kappa shape index (κ3) is 3.34. The summed E-state index contributed by atoms with van der Waals surface area (Å²) in [5.41, 5.74) is 0.972. The van der Waals surface area contributed by atoms with Gasteiger partial charge >= 0.3 is 0 Å². The molecule has 2 heterocycles. The average Bonchev–Trinajstić information content (AvgIpc) is 2.95. The van der Waals surface area contributed by atoms with Gasteiger partial charge in [0.1, 0.15) is 23.4 Å². The Hall–Kier alpha value is -2.41. The third-order valence-corrected chi connectivity index (χ3v) is 3.93. The third-order valence-electron chi connectivity index (χ3n) is 3.93. The van der Waals surface area contributed by atoms with E-state index >= 15 is 0 Å². The molecule has 0 fully saturated rings. The number of para-hydroxylation sites is 1. The minimum atomic E-state index is -0.281. The molecule has 0 radical (unpaired) electrons. The van der Waals surface area contributed by atoms with Gasteiger partial charge in [-0.25, -0.2) is 0 Å². The Bertz CT molecular complexity index is 698. The molecule has 1 aliphatic rings. The molecule has 1 amide bonds. The Balaban J connectivity index is 1.61. The highest BCUT2D eigenvalue weighted by Gasteiger charge is 2.26. The maximum absolute atomic E-state index is 12.4. The van der Waals surface area contributed by atoms with Gasteiger partial charge < -0.3 is 14.6 Å². The molecule has 7 nitrogen and oxygen atoms in total. The molecule has 3 rings (SSSR count). The van der Waals surface area contributed by atoms with E-state index in [-0.39, 0.29) is 11.9 Å². The van der Waals surface area contributed by atoms with Gasteiger partial charge in [0.2, 0.25) is 5.91 Å². The van der Waals surface area contributed by atoms with Crippen LogP contribution in [-0.2, 0) is 24.4 Å². The quantitative estimate of drug-likeness (QED) is 0.852. The monoisotopic (exact) mass is 315 g/mol. The number of fused-ring (bicyclic) bond motifs is 1. The zero-order chi connectivity index (χ0) is 16.2. The van der Waals surface area contributed by atoms with Crippen LogP contribution < -0.4 is 15.4 Å². The maximum atomic E-state index is 12.4. The first-order chi connectivity index (χ1) is 11.2. The van der Waals surface area contributed by atoms with Crippen LogP contribution in [0, 0.1) is 6.92 Å². The van der Waals surface area contributed by atoms with Crippen molar-refractivity contribution in [2.45, 2.75) is 39.5 Å². The van der Waals surface area contributed by atoms with E-state index in [2.05, 4.69) is 20.8 Å². The highest BCUT2D eigenvalue weighted by Crippen LogP contribution is 2.17. The van der Waals surface area contributed by atoms with Gasteiger partial charge in [-0.05, 0) is 19.9 Å². The average molecular weight is 315 g/mol. The molecule has 0 bridgehead atoms. The lowest BCUT2D eigenvalue weighted by atomic mass is 10.1. The van der Waals surface area contributed by atoms with Gasteiger partial charge in [-0.3, -0.25) is 10.1 Å². The van der Waals surface area contributed by atoms with E-state index in [4.69, 9.17) is 4.74 Å². The van der Waals surface area contributed by atoms with Crippen LogP contribution in [0.25, 0.3) is 0 Å². The predicted octanol–water partition coefficient (Wildman–Crippen LogP) is 0.773. The first kappa shape index (κ1) is 15.5. The number of amides is 1. The number of nitrogens with one attached hydrogen (secondary N) is 2. The fourth-order valence-corrected chi connectivity index (χ4v) is 2.68.